The normalized spacial score (nSPS) is 10.6. The smallest absolute Gasteiger partial charge is 0.276 e. The van der Waals surface area contributed by atoms with E-state index in [1.165, 1.54) is 0 Å². The molecule has 8 nitrogen and oxygen atoms in total. The number of ether oxygens (including phenoxy) is 1. The number of hydrogen-bond acceptors (Lipinski definition) is 7. The third kappa shape index (κ3) is 6.92. The van der Waals surface area contributed by atoms with Gasteiger partial charge in [0.05, 0.1) is 29.9 Å². The van der Waals surface area contributed by atoms with Crippen LogP contribution in [0.3, 0.4) is 0 Å². The summed E-state index contributed by atoms with van der Waals surface area (Å²) in [6.45, 7) is 2.15. The Balaban J connectivity index is 1.98. The van der Waals surface area contributed by atoms with Crippen LogP contribution in [0.1, 0.15) is 11.3 Å². The molecule has 0 radical (unpaired) electrons. The monoisotopic (exact) mass is 525 g/mol. The first-order valence-corrected chi connectivity index (χ1v) is 9.56. The van der Waals surface area contributed by atoms with Crippen LogP contribution in [0.25, 0.3) is 0 Å². The predicted octanol–water partition coefficient (Wildman–Crippen LogP) is 3.48. The Morgan fingerprint density at radius 2 is 2.04 bits per heavy atom. The lowest BCUT2D eigenvalue weighted by molar-refractivity contribution is 0.121. The number of rotatable bonds is 11. The molecule has 11 heteroatoms. The predicted molar refractivity (Wildman–Crippen MR) is 116 cm³/mol. The van der Waals surface area contributed by atoms with Gasteiger partial charge in [0.1, 0.15) is 34.4 Å². The van der Waals surface area contributed by atoms with Crippen LogP contribution in [0.4, 0.5) is 11.6 Å². The molecule has 0 spiro atoms. The number of halogens is 3. The molecule has 0 saturated carbocycles. The SMILES string of the molecule is N=Cc1nc(NCc2ccc(Cl)c(Cl)c2)[nH]c(=O)c1NCCOCCOI. The Kier molecular flexibility index (Phi) is 9.28. The molecule has 1 heterocycles. The lowest BCUT2D eigenvalue weighted by atomic mass is 10.2. The van der Waals surface area contributed by atoms with Crippen molar-refractivity contribution >= 4 is 64.1 Å². The van der Waals surface area contributed by atoms with Crippen molar-refractivity contribution in [2.45, 2.75) is 6.54 Å². The number of nitrogens with one attached hydrogen (secondary N) is 4. The second kappa shape index (κ2) is 11.4. The van der Waals surface area contributed by atoms with E-state index in [4.69, 9.17) is 36.4 Å². The number of anilines is 2. The first-order valence-electron chi connectivity index (χ1n) is 7.93. The van der Waals surface area contributed by atoms with Gasteiger partial charge in [-0.05, 0) is 17.7 Å². The van der Waals surface area contributed by atoms with Crippen LogP contribution in [0.15, 0.2) is 23.0 Å². The summed E-state index contributed by atoms with van der Waals surface area (Å²) < 4.78 is 10.2. The van der Waals surface area contributed by atoms with Gasteiger partial charge in [0.15, 0.2) is 0 Å². The first-order chi connectivity index (χ1) is 13.0. The Hall–Kier alpha value is -1.40. The average Bonchev–Trinajstić information content (AvgIpc) is 2.66. The molecule has 1 aromatic carbocycles. The minimum absolute atomic E-state index is 0.221. The third-order valence-corrected chi connectivity index (χ3v) is 4.56. The summed E-state index contributed by atoms with van der Waals surface area (Å²) in [5.74, 6) is 0.255. The Morgan fingerprint density at radius 1 is 1.22 bits per heavy atom. The molecular weight excluding hydrogens is 508 g/mol. The van der Waals surface area contributed by atoms with Gasteiger partial charge in [0.25, 0.3) is 5.56 Å². The molecule has 0 aliphatic rings. The highest BCUT2D eigenvalue weighted by Gasteiger charge is 2.10. The molecule has 0 atom stereocenters. The molecule has 27 heavy (non-hydrogen) atoms. The van der Waals surface area contributed by atoms with Gasteiger partial charge in [-0.3, -0.25) is 9.78 Å². The zero-order valence-electron chi connectivity index (χ0n) is 14.2. The highest BCUT2D eigenvalue weighted by Crippen LogP contribution is 2.22. The van der Waals surface area contributed by atoms with Crippen molar-refractivity contribution in [1.29, 1.82) is 5.41 Å². The lowest BCUT2D eigenvalue weighted by Gasteiger charge is -2.11. The van der Waals surface area contributed by atoms with Gasteiger partial charge in [-0.1, -0.05) is 29.3 Å². The fourth-order valence-corrected chi connectivity index (χ4v) is 2.63. The largest absolute Gasteiger partial charge is 0.377 e. The summed E-state index contributed by atoms with van der Waals surface area (Å²) in [5, 5.41) is 14.4. The molecule has 0 aliphatic carbocycles. The Morgan fingerprint density at radius 3 is 2.74 bits per heavy atom. The average molecular weight is 526 g/mol. The van der Waals surface area contributed by atoms with E-state index >= 15 is 0 Å². The van der Waals surface area contributed by atoms with Crippen LogP contribution >= 0.6 is 46.2 Å². The molecule has 146 valence electrons. The minimum atomic E-state index is -0.379. The summed E-state index contributed by atoms with van der Waals surface area (Å²) in [5.41, 5.74) is 0.943. The molecule has 2 rings (SSSR count). The zero-order chi connectivity index (χ0) is 19.6. The van der Waals surface area contributed by atoms with Gasteiger partial charge < -0.3 is 23.8 Å². The van der Waals surface area contributed by atoms with Crippen molar-refractivity contribution in [1.82, 2.24) is 9.97 Å². The van der Waals surface area contributed by atoms with Gasteiger partial charge in [-0.25, -0.2) is 4.98 Å². The fraction of sp³-hybridized carbons (Fsp3) is 0.312. The summed E-state index contributed by atoms with van der Waals surface area (Å²) in [6, 6.07) is 5.24. The van der Waals surface area contributed by atoms with Gasteiger partial charge in [-0.2, -0.15) is 0 Å². The van der Waals surface area contributed by atoms with Crippen molar-refractivity contribution in [3.63, 3.8) is 0 Å². The van der Waals surface area contributed by atoms with Gasteiger partial charge in [0, 0.05) is 19.3 Å². The number of hydrogen-bond donors (Lipinski definition) is 4. The summed E-state index contributed by atoms with van der Waals surface area (Å²) in [4.78, 5) is 19.2. The van der Waals surface area contributed by atoms with Crippen molar-refractivity contribution in [3.05, 3.63) is 49.9 Å². The number of benzene rings is 1. The Labute approximate surface area is 180 Å². The molecular formula is C16H18Cl2IN5O3. The van der Waals surface area contributed by atoms with Crippen LogP contribution < -0.4 is 16.2 Å². The van der Waals surface area contributed by atoms with Crippen LogP contribution in [0, 0.1) is 5.41 Å². The molecule has 0 amide bonds. The summed E-state index contributed by atoms with van der Waals surface area (Å²) in [6.07, 6.45) is 1.02. The maximum Gasteiger partial charge on any atom is 0.276 e. The minimum Gasteiger partial charge on any atom is -0.377 e. The maximum atomic E-state index is 12.3. The molecule has 0 fully saturated rings. The fourth-order valence-electron chi connectivity index (χ4n) is 2.13. The second-order valence-corrected chi connectivity index (χ2v) is 6.71. The zero-order valence-corrected chi connectivity index (χ0v) is 17.8. The van der Waals surface area contributed by atoms with E-state index in [0.717, 1.165) is 11.8 Å². The highest BCUT2D eigenvalue weighted by atomic mass is 127. The highest BCUT2D eigenvalue weighted by molar-refractivity contribution is 14.1. The van der Waals surface area contributed by atoms with Gasteiger partial charge >= 0.3 is 0 Å². The third-order valence-electron chi connectivity index (χ3n) is 3.38. The van der Waals surface area contributed by atoms with Crippen molar-refractivity contribution in [2.24, 2.45) is 0 Å². The van der Waals surface area contributed by atoms with E-state index in [9.17, 15) is 4.79 Å². The van der Waals surface area contributed by atoms with Crippen molar-refractivity contribution in [3.8, 4) is 0 Å². The van der Waals surface area contributed by atoms with Gasteiger partial charge in [-0.15, -0.1) is 0 Å². The summed E-state index contributed by atoms with van der Waals surface area (Å²) >= 11 is 13.7. The van der Waals surface area contributed by atoms with Crippen LogP contribution in [0.2, 0.25) is 10.0 Å². The van der Waals surface area contributed by atoms with Gasteiger partial charge in [0.2, 0.25) is 5.95 Å². The lowest BCUT2D eigenvalue weighted by Crippen LogP contribution is -2.23. The van der Waals surface area contributed by atoms with Crippen molar-refractivity contribution < 1.29 is 7.80 Å². The van der Waals surface area contributed by atoms with E-state index in [0.29, 0.717) is 43.0 Å². The second-order valence-electron chi connectivity index (χ2n) is 5.27. The maximum absolute atomic E-state index is 12.3. The van der Waals surface area contributed by atoms with Crippen LogP contribution in [-0.4, -0.2) is 42.5 Å². The van der Waals surface area contributed by atoms with Crippen LogP contribution in [-0.2, 0) is 14.3 Å². The van der Waals surface area contributed by atoms with E-state index in [1.807, 2.05) is 6.07 Å². The topological polar surface area (TPSA) is 112 Å². The van der Waals surface area contributed by atoms with E-state index in [2.05, 4.69) is 20.6 Å². The van der Waals surface area contributed by atoms with Crippen molar-refractivity contribution in [2.75, 3.05) is 37.0 Å². The molecule has 0 bridgehead atoms. The van der Waals surface area contributed by atoms with E-state index < -0.39 is 0 Å². The quantitative estimate of drug-likeness (QED) is 0.203. The number of aromatic amines is 1. The van der Waals surface area contributed by atoms with E-state index in [1.54, 1.807) is 35.1 Å². The molecule has 0 unspecified atom stereocenters. The molecule has 1 aromatic heterocycles. The standard InChI is InChI=1S/C16H18Cl2IN5O3/c17-11-2-1-10(7-12(11)18)9-22-16-23-13(8-20)14(15(25)24-16)21-3-4-26-5-6-27-19/h1-2,7-8,20-21H,3-6,9H2,(H2,22,23,24,25). The number of nitrogens with zero attached hydrogens (tertiary/aromatic N) is 1. The Bertz CT molecular complexity index is 834. The molecule has 2 aromatic rings. The number of H-pyrrole nitrogens is 1. The molecule has 4 N–H and O–H groups in total. The molecule has 0 aliphatic heterocycles. The molecule has 0 saturated heterocycles. The first kappa shape index (κ1) is 21.9. The number of aromatic nitrogens is 2. The summed E-state index contributed by atoms with van der Waals surface area (Å²) in [7, 11) is 0. The van der Waals surface area contributed by atoms with E-state index in [-0.39, 0.29) is 22.9 Å². The van der Waals surface area contributed by atoms with Crippen LogP contribution in [0.5, 0.6) is 0 Å².